The highest BCUT2D eigenvalue weighted by Gasteiger charge is 2.18. The van der Waals surface area contributed by atoms with Gasteiger partial charge in [0, 0.05) is 6.20 Å². The first-order valence-electron chi connectivity index (χ1n) is 5.55. The number of aryl methyl sites for hydroxylation is 1. The molecule has 2 heterocycles. The van der Waals surface area contributed by atoms with E-state index in [2.05, 4.69) is 14.7 Å². The zero-order chi connectivity index (χ0) is 15.6. The molecular weight excluding hydrogens is 335 g/mol. The summed E-state index contributed by atoms with van der Waals surface area (Å²) in [6.45, 7) is 1.62. The van der Waals surface area contributed by atoms with Gasteiger partial charge in [-0.15, -0.1) is 0 Å². The highest BCUT2D eigenvalue weighted by molar-refractivity contribution is 7.92. The van der Waals surface area contributed by atoms with Crippen molar-refractivity contribution in [1.29, 1.82) is 5.26 Å². The maximum atomic E-state index is 12.2. The molecule has 0 spiro atoms. The number of hydrogen-bond acceptors (Lipinski definition) is 5. The van der Waals surface area contributed by atoms with Gasteiger partial charge in [0.2, 0.25) is 0 Å². The SMILES string of the molecule is Cc1nc(NS(=O)(=O)c2ccc(C#N)nc2)c(Cl)cc1Cl. The fraction of sp³-hybridized carbons (Fsp3) is 0.0833. The third-order valence-electron chi connectivity index (χ3n) is 2.50. The summed E-state index contributed by atoms with van der Waals surface area (Å²) in [6.07, 6.45) is 1.08. The summed E-state index contributed by atoms with van der Waals surface area (Å²) in [5.41, 5.74) is 0.559. The van der Waals surface area contributed by atoms with Crippen molar-refractivity contribution in [3.8, 4) is 6.07 Å². The first kappa shape index (κ1) is 15.5. The number of hydrogen-bond donors (Lipinski definition) is 1. The molecule has 2 aromatic rings. The molecule has 2 rings (SSSR count). The van der Waals surface area contributed by atoms with E-state index >= 15 is 0 Å². The number of halogens is 2. The van der Waals surface area contributed by atoms with Crippen LogP contribution in [0.15, 0.2) is 29.3 Å². The first-order chi connectivity index (χ1) is 9.83. The Kier molecular flexibility index (Phi) is 4.32. The number of sulfonamides is 1. The molecular formula is C12H8Cl2N4O2S. The Morgan fingerprint density at radius 1 is 1.29 bits per heavy atom. The molecule has 2 aromatic heterocycles. The lowest BCUT2D eigenvalue weighted by Crippen LogP contribution is -2.15. The van der Waals surface area contributed by atoms with Crippen LogP contribution in [0.25, 0.3) is 0 Å². The van der Waals surface area contributed by atoms with Crippen molar-refractivity contribution in [2.24, 2.45) is 0 Å². The van der Waals surface area contributed by atoms with Crippen molar-refractivity contribution in [2.45, 2.75) is 11.8 Å². The van der Waals surface area contributed by atoms with Gasteiger partial charge in [0.15, 0.2) is 5.82 Å². The van der Waals surface area contributed by atoms with Crippen LogP contribution in [0.2, 0.25) is 10.0 Å². The summed E-state index contributed by atoms with van der Waals surface area (Å²) in [7, 11) is -3.90. The summed E-state index contributed by atoms with van der Waals surface area (Å²) in [6, 6.07) is 5.78. The van der Waals surface area contributed by atoms with Crippen LogP contribution >= 0.6 is 23.2 Å². The predicted octanol–water partition coefficient (Wildman–Crippen LogP) is 2.76. The molecule has 0 aromatic carbocycles. The zero-order valence-electron chi connectivity index (χ0n) is 10.6. The Hall–Kier alpha value is -1.88. The number of pyridine rings is 2. The number of aromatic nitrogens is 2. The van der Waals surface area contributed by atoms with E-state index in [4.69, 9.17) is 28.5 Å². The van der Waals surface area contributed by atoms with E-state index in [-0.39, 0.29) is 21.4 Å². The molecule has 0 aliphatic rings. The quantitative estimate of drug-likeness (QED) is 0.924. The maximum absolute atomic E-state index is 12.2. The van der Waals surface area contributed by atoms with Crippen LogP contribution in [0.4, 0.5) is 5.82 Å². The summed E-state index contributed by atoms with van der Waals surface area (Å²) in [4.78, 5) is 7.59. The van der Waals surface area contributed by atoms with Crippen LogP contribution in [0.3, 0.4) is 0 Å². The lowest BCUT2D eigenvalue weighted by atomic mass is 10.4. The number of anilines is 1. The van der Waals surface area contributed by atoms with E-state index in [0.29, 0.717) is 10.7 Å². The van der Waals surface area contributed by atoms with E-state index in [9.17, 15) is 8.42 Å². The maximum Gasteiger partial charge on any atom is 0.264 e. The molecule has 0 aliphatic heterocycles. The number of nitriles is 1. The lowest BCUT2D eigenvalue weighted by molar-refractivity contribution is 0.600. The predicted molar refractivity (Wildman–Crippen MR) is 78.8 cm³/mol. The van der Waals surface area contributed by atoms with Crippen molar-refractivity contribution < 1.29 is 8.42 Å². The van der Waals surface area contributed by atoms with E-state index in [1.165, 1.54) is 18.2 Å². The Balaban J connectivity index is 2.37. The molecule has 0 radical (unpaired) electrons. The van der Waals surface area contributed by atoms with Gasteiger partial charge in [-0.1, -0.05) is 23.2 Å². The Labute approximate surface area is 131 Å². The minimum absolute atomic E-state index is 0.0251. The lowest BCUT2D eigenvalue weighted by Gasteiger charge is -2.10. The molecule has 0 aliphatic carbocycles. The molecule has 0 unspecified atom stereocenters. The number of nitrogens with one attached hydrogen (secondary N) is 1. The Morgan fingerprint density at radius 3 is 2.57 bits per heavy atom. The molecule has 0 fully saturated rings. The van der Waals surface area contributed by atoms with E-state index < -0.39 is 10.0 Å². The van der Waals surface area contributed by atoms with Gasteiger partial charge in [0.1, 0.15) is 16.7 Å². The second-order valence-electron chi connectivity index (χ2n) is 3.98. The number of rotatable bonds is 3. The molecule has 0 saturated heterocycles. The summed E-state index contributed by atoms with van der Waals surface area (Å²) < 4.78 is 26.6. The normalized spacial score (nSPS) is 11.0. The molecule has 108 valence electrons. The summed E-state index contributed by atoms with van der Waals surface area (Å²) >= 11 is 11.8. The van der Waals surface area contributed by atoms with Gasteiger partial charge in [0.05, 0.1) is 15.7 Å². The average Bonchev–Trinajstić information content (AvgIpc) is 2.44. The van der Waals surface area contributed by atoms with Gasteiger partial charge >= 0.3 is 0 Å². The molecule has 9 heteroatoms. The van der Waals surface area contributed by atoms with E-state index in [0.717, 1.165) is 6.20 Å². The van der Waals surface area contributed by atoms with Crippen molar-refractivity contribution >= 4 is 39.0 Å². The molecule has 0 saturated carbocycles. The second-order valence-corrected chi connectivity index (χ2v) is 6.48. The third kappa shape index (κ3) is 3.42. The monoisotopic (exact) mass is 342 g/mol. The largest absolute Gasteiger partial charge is 0.264 e. The fourth-order valence-electron chi connectivity index (χ4n) is 1.42. The van der Waals surface area contributed by atoms with E-state index in [1.807, 2.05) is 0 Å². The van der Waals surface area contributed by atoms with Gasteiger partial charge < -0.3 is 0 Å². The Bertz CT molecular complexity index is 830. The molecule has 0 bridgehead atoms. The minimum Gasteiger partial charge on any atom is -0.262 e. The molecule has 1 N–H and O–H groups in total. The third-order valence-corrected chi connectivity index (χ3v) is 4.49. The molecule has 21 heavy (non-hydrogen) atoms. The van der Waals surface area contributed by atoms with Crippen LogP contribution in [0, 0.1) is 18.3 Å². The zero-order valence-corrected chi connectivity index (χ0v) is 13.0. The first-order valence-corrected chi connectivity index (χ1v) is 7.79. The van der Waals surface area contributed by atoms with Gasteiger partial charge in [-0.25, -0.2) is 18.4 Å². The van der Waals surface area contributed by atoms with Gasteiger partial charge in [-0.05, 0) is 25.1 Å². The van der Waals surface area contributed by atoms with Gasteiger partial charge in [0.25, 0.3) is 10.0 Å². The molecule has 6 nitrogen and oxygen atoms in total. The van der Waals surface area contributed by atoms with Gasteiger partial charge in [-0.3, -0.25) is 4.72 Å². The molecule has 0 amide bonds. The van der Waals surface area contributed by atoms with Crippen LogP contribution in [-0.4, -0.2) is 18.4 Å². The molecule has 0 atom stereocenters. The van der Waals surface area contributed by atoms with Crippen LogP contribution in [0.1, 0.15) is 11.4 Å². The highest BCUT2D eigenvalue weighted by Crippen LogP contribution is 2.27. The topological polar surface area (TPSA) is 95.7 Å². The Morgan fingerprint density at radius 2 is 2.00 bits per heavy atom. The van der Waals surface area contributed by atoms with Crippen LogP contribution in [0.5, 0.6) is 0 Å². The van der Waals surface area contributed by atoms with Crippen molar-refractivity contribution in [2.75, 3.05) is 4.72 Å². The van der Waals surface area contributed by atoms with Crippen molar-refractivity contribution in [1.82, 2.24) is 9.97 Å². The van der Waals surface area contributed by atoms with Crippen molar-refractivity contribution in [3.63, 3.8) is 0 Å². The summed E-state index contributed by atoms with van der Waals surface area (Å²) in [5, 5.41) is 9.06. The van der Waals surface area contributed by atoms with Crippen LogP contribution in [-0.2, 0) is 10.0 Å². The van der Waals surface area contributed by atoms with Gasteiger partial charge in [-0.2, -0.15) is 5.26 Å². The average molecular weight is 343 g/mol. The smallest absolute Gasteiger partial charge is 0.262 e. The standard InChI is InChI=1S/C12H8Cl2N4O2S/c1-7-10(13)4-11(14)12(17-7)18-21(19,20)9-3-2-8(5-15)16-6-9/h2-4,6H,1H3,(H,17,18). The van der Waals surface area contributed by atoms with Crippen molar-refractivity contribution in [3.05, 3.63) is 45.8 Å². The van der Waals surface area contributed by atoms with Crippen LogP contribution < -0.4 is 4.72 Å². The minimum atomic E-state index is -3.90. The summed E-state index contributed by atoms with van der Waals surface area (Å²) in [5.74, 6) is -0.0251. The highest BCUT2D eigenvalue weighted by atomic mass is 35.5. The number of nitrogens with zero attached hydrogens (tertiary/aromatic N) is 3. The fourth-order valence-corrected chi connectivity index (χ4v) is 2.85. The van der Waals surface area contributed by atoms with E-state index in [1.54, 1.807) is 13.0 Å². The second kappa shape index (κ2) is 5.85.